The maximum Gasteiger partial charge on any atom is 0.119 e. The van der Waals surface area contributed by atoms with Crippen molar-refractivity contribution in [3.63, 3.8) is 0 Å². The highest BCUT2D eigenvalue weighted by atomic mass is 16.5. The van der Waals surface area contributed by atoms with Gasteiger partial charge in [-0.2, -0.15) is 10.1 Å². The summed E-state index contributed by atoms with van der Waals surface area (Å²) in [5, 5.41) is 29.4. The molecular weight excluding hydrogens is 472 g/mol. The van der Waals surface area contributed by atoms with E-state index in [1.807, 2.05) is 24.3 Å². The van der Waals surface area contributed by atoms with Gasteiger partial charge in [0.25, 0.3) is 0 Å². The average molecular weight is 497 g/mol. The smallest absolute Gasteiger partial charge is 0.119 e. The fourth-order valence-corrected chi connectivity index (χ4v) is 5.61. The van der Waals surface area contributed by atoms with Gasteiger partial charge in [0.15, 0.2) is 0 Å². The minimum absolute atomic E-state index is 0.445. The van der Waals surface area contributed by atoms with Crippen LogP contribution >= 0.6 is 0 Å². The van der Waals surface area contributed by atoms with Crippen molar-refractivity contribution in [2.24, 2.45) is 0 Å². The van der Waals surface area contributed by atoms with Gasteiger partial charge in [-0.05, 0) is 72.8 Å². The molecule has 0 N–H and O–H groups in total. The zero-order chi connectivity index (χ0) is 25.9. The molecule has 0 saturated carbocycles. The van der Waals surface area contributed by atoms with Crippen molar-refractivity contribution in [3.05, 3.63) is 95.1 Å². The third-order valence-electron chi connectivity index (χ3n) is 7.31. The molecule has 0 saturated heterocycles. The quantitative estimate of drug-likeness (QED) is 0.361. The molecule has 186 valence electrons. The average Bonchev–Trinajstić information content (AvgIpc) is 2.96. The summed E-state index contributed by atoms with van der Waals surface area (Å²) in [5.41, 5.74) is 3.35. The van der Waals surface area contributed by atoms with Crippen LogP contribution in [0.5, 0.6) is 23.0 Å². The van der Waals surface area contributed by atoms with Crippen LogP contribution in [0.4, 0.5) is 22.7 Å². The van der Waals surface area contributed by atoms with Crippen LogP contribution in [-0.4, -0.2) is 28.4 Å². The molecule has 4 aromatic rings. The lowest BCUT2D eigenvalue weighted by molar-refractivity contribution is 0.188. The molecular formula is C29H24N2O6. The van der Waals surface area contributed by atoms with Crippen LogP contribution in [0.3, 0.4) is 0 Å². The van der Waals surface area contributed by atoms with Crippen molar-refractivity contribution in [3.8, 4) is 23.0 Å². The summed E-state index contributed by atoms with van der Waals surface area (Å²) in [4.78, 5) is 0. The maximum atomic E-state index is 13.8. The van der Waals surface area contributed by atoms with Gasteiger partial charge in [0.1, 0.15) is 23.0 Å². The third-order valence-corrected chi connectivity index (χ3v) is 7.31. The molecule has 0 atom stereocenters. The van der Waals surface area contributed by atoms with Crippen LogP contribution in [0.15, 0.2) is 72.8 Å². The highest BCUT2D eigenvalue weighted by Crippen LogP contribution is 2.63. The summed E-state index contributed by atoms with van der Waals surface area (Å²) < 4.78 is 22.4. The summed E-state index contributed by atoms with van der Waals surface area (Å²) in [6, 6.07) is 21.5. The minimum atomic E-state index is -1.09. The van der Waals surface area contributed by atoms with E-state index in [-0.39, 0.29) is 0 Å². The van der Waals surface area contributed by atoms with Crippen LogP contribution in [0.1, 0.15) is 22.3 Å². The second kappa shape index (κ2) is 8.33. The molecule has 2 heterocycles. The molecule has 8 heteroatoms. The van der Waals surface area contributed by atoms with E-state index in [9.17, 15) is 10.4 Å². The number of benzene rings is 4. The summed E-state index contributed by atoms with van der Waals surface area (Å²) >= 11 is 0. The Morgan fingerprint density at radius 1 is 0.459 bits per heavy atom. The number of methoxy groups -OCH3 is 4. The van der Waals surface area contributed by atoms with Crippen molar-refractivity contribution in [2.75, 3.05) is 38.6 Å². The fourth-order valence-electron chi connectivity index (χ4n) is 5.61. The van der Waals surface area contributed by atoms with Gasteiger partial charge in [-0.3, -0.25) is 0 Å². The van der Waals surface area contributed by atoms with Crippen LogP contribution in [0.2, 0.25) is 0 Å². The maximum absolute atomic E-state index is 13.8. The van der Waals surface area contributed by atoms with Gasteiger partial charge < -0.3 is 18.9 Å². The van der Waals surface area contributed by atoms with E-state index in [1.54, 1.807) is 77.0 Å². The Hall–Kier alpha value is -4.40. The Balaban J connectivity index is 1.87. The van der Waals surface area contributed by atoms with Gasteiger partial charge in [0.05, 0.1) is 56.6 Å². The minimum Gasteiger partial charge on any atom is -0.497 e. The summed E-state index contributed by atoms with van der Waals surface area (Å²) in [7, 11) is 6.32. The first-order valence-corrected chi connectivity index (χ1v) is 11.7. The second-order valence-corrected chi connectivity index (χ2v) is 8.87. The topological polar surface area (TPSA) is 83.2 Å². The predicted octanol–water partition coefficient (Wildman–Crippen LogP) is 5.70. The largest absolute Gasteiger partial charge is 0.497 e. The molecule has 0 aromatic heterocycles. The Bertz CT molecular complexity index is 1310. The lowest BCUT2D eigenvalue weighted by atomic mass is 9.60. The molecule has 8 nitrogen and oxygen atoms in total. The molecule has 0 bridgehead atoms. The van der Waals surface area contributed by atoms with Gasteiger partial charge in [-0.1, -0.05) is 10.4 Å². The molecule has 2 aliphatic heterocycles. The van der Waals surface area contributed by atoms with Crippen LogP contribution in [0.25, 0.3) is 0 Å². The Morgan fingerprint density at radius 3 is 0.919 bits per heavy atom. The molecule has 0 amide bonds. The predicted molar refractivity (Wildman–Crippen MR) is 137 cm³/mol. The van der Waals surface area contributed by atoms with Gasteiger partial charge in [0, 0.05) is 22.3 Å². The Morgan fingerprint density at radius 2 is 0.703 bits per heavy atom. The first kappa shape index (κ1) is 23.0. The van der Waals surface area contributed by atoms with E-state index in [2.05, 4.69) is 0 Å². The van der Waals surface area contributed by atoms with Crippen LogP contribution in [-0.2, 0) is 15.8 Å². The fraction of sp³-hybridized carbons (Fsp3) is 0.172. The molecule has 4 aromatic carbocycles. The van der Waals surface area contributed by atoms with Crippen molar-refractivity contribution < 1.29 is 29.4 Å². The van der Waals surface area contributed by atoms with Gasteiger partial charge in [-0.25, -0.2) is 0 Å². The van der Waals surface area contributed by atoms with Crippen LogP contribution < -0.4 is 29.1 Å². The Labute approximate surface area is 214 Å². The molecule has 0 unspecified atom stereocenters. The highest BCUT2D eigenvalue weighted by Gasteiger charge is 2.53. The SMILES string of the molecule is COc1ccc2c(c1)C1(c3cc(OC)ccc3N2[O])c2cc(OC)ccc2N([O])c2ccc(OC)cc21. The normalized spacial score (nSPS) is 14.3. The van der Waals surface area contributed by atoms with Gasteiger partial charge in [-0.15, -0.1) is 0 Å². The molecule has 6 rings (SSSR count). The number of hydrogen-bond acceptors (Lipinski definition) is 6. The number of nitrogens with zero attached hydrogens (tertiary/aromatic N) is 2. The van der Waals surface area contributed by atoms with E-state index in [0.29, 0.717) is 68.0 Å². The number of hydrogen-bond donors (Lipinski definition) is 0. The van der Waals surface area contributed by atoms with Crippen molar-refractivity contribution in [2.45, 2.75) is 5.41 Å². The summed E-state index contributed by atoms with van der Waals surface area (Å²) in [6.45, 7) is 0. The first-order chi connectivity index (χ1) is 18.0. The standard InChI is InChI=1S/C29H24N2O6/c1-34-17-5-9-25-21(13-17)29(22-14-18(35-2)6-10-26(22)30(25)32)23-15-19(36-3)7-11-27(23)31(33)28-12-8-20(37-4)16-24(28)29/h5-16H,1-4H3. The lowest BCUT2D eigenvalue weighted by Gasteiger charge is -2.48. The van der Waals surface area contributed by atoms with E-state index >= 15 is 0 Å². The number of rotatable bonds is 4. The lowest BCUT2D eigenvalue weighted by Crippen LogP contribution is -2.42. The second-order valence-electron chi connectivity index (χ2n) is 8.87. The van der Waals surface area contributed by atoms with Crippen LogP contribution in [0, 0.1) is 0 Å². The molecule has 0 fully saturated rings. The number of anilines is 4. The molecule has 2 radical (unpaired) electrons. The van der Waals surface area contributed by atoms with E-state index in [0.717, 1.165) is 10.1 Å². The highest BCUT2D eigenvalue weighted by molar-refractivity contribution is 5.90. The molecule has 1 spiro atoms. The summed E-state index contributed by atoms with van der Waals surface area (Å²) in [5.74, 6) is 2.32. The zero-order valence-corrected chi connectivity index (χ0v) is 20.8. The molecule has 2 aliphatic rings. The van der Waals surface area contributed by atoms with Crippen molar-refractivity contribution in [1.29, 1.82) is 0 Å². The van der Waals surface area contributed by atoms with E-state index < -0.39 is 5.41 Å². The Kier molecular flexibility index (Phi) is 5.18. The third kappa shape index (κ3) is 3.03. The molecule has 37 heavy (non-hydrogen) atoms. The number of fused-ring (bicyclic) bond motifs is 8. The monoisotopic (exact) mass is 496 g/mol. The zero-order valence-electron chi connectivity index (χ0n) is 20.8. The number of ether oxygens (including phenoxy) is 4. The summed E-state index contributed by atoms with van der Waals surface area (Å²) in [6.07, 6.45) is 0. The van der Waals surface area contributed by atoms with Crippen molar-refractivity contribution in [1.82, 2.24) is 0 Å². The van der Waals surface area contributed by atoms with Gasteiger partial charge >= 0.3 is 0 Å². The molecule has 0 aliphatic carbocycles. The van der Waals surface area contributed by atoms with E-state index in [4.69, 9.17) is 18.9 Å². The van der Waals surface area contributed by atoms with Crippen molar-refractivity contribution >= 4 is 22.7 Å². The first-order valence-electron chi connectivity index (χ1n) is 11.7. The van der Waals surface area contributed by atoms with E-state index in [1.165, 1.54) is 0 Å². The van der Waals surface area contributed by atoms with Gasteiger partial charge in [0.2, 0.25) is 0 Å².